The van der Waals surface area contributed by atoms with Gasteiger partial charge in [0.1, 0.15) is 0 Å². The zero-order valence-electron chi connectivity index (χ0n) is 11.2. The second-order valence-corrected chi connectivity index (χ2v) is 5.38. The molecule has 1 atom stereocenters. The van der Waals surface area contributed by atoms with E-state index in [9.17, 15) is 0 Å². The van der Waals surface area contributed by atoms with E-state index in [1.165, 1.54) is 29.5 Å². The standard InChI is InChI=1S/C15H23NO/c1-12-6-4-7-13(2)14(12)10-16-11-15(3)8-5-9-17-15/h4,6-7,16H,5,8-11H2,1-3H3. The van der Waals surface area contributed by atoms with Crippen molar-refractivity contribution in [3.8, 4) is 0 Å². The Labute approximate surface area is 104 Å². The van der Waals surface area contributed by atoms with Gasteiger partial charge in [0.05, 0.1) is 5.60 Å². The molecule has 1 aromatic rings. The lowest BCUT2D eigenvalue weighted by atomic mass is 10.0. The summed E-state index contributed by atoms with van der Waals surface area (Å²) in [6.07, 6.45) is 2.37. The number of hydrogen-bond acceptors (Lipinski definition) is 2. The first-order valence-electron chi connectivity index (χ1n) is 6.50. The maximum atomic E-state index is 5.78. The highest BCUT2D eigenvalue weighted by molar-refractivity contribution is 5.33. The number of rotatable bonds is 4. The van der Waals surface area contributed by atoms with Crippen molar-refractivity contribution >= 4 is 0 Å². The monoisotopic (exact) mass is 233 g/mol. The minimum atomic E-state index is 0.0522. The van der Waals surface area contributed by atoms with Gasteiger partial charge in [0.15, 0.2) is 0 Å². The maximum absolute atomic E-state index is 5.78. The highest BCUT2D eigenvalue weighted by Crippen LogP contribution is 2.24. The molecule has 1 aromatic carbocycles. The van der Waals surface area contributed by atoms with E-state index in [4.69, 9.17) is 4.74 Å². The Morgan fingerprint density at radius 3 is 2.59 bits per heavy atom. The van der Waals surface area contributed by atoms with Crippen LogP contribution >= 0.6 is 0 Å². The van der Waals surface area contributed by atoms with Crippen molar-refractivity contribution in [2.24, 2.45) is 0 Å². The molecule has 1 N–H and O–H groups in total. The first-order valence-corrected chi connectivity index (χ1v) is 6.50. The van der Waals surface area contributed by atoms with E-state index in [0.29, 0.717) is 0 Å². The summed E-state index contributed by atoms with van der Waals surface area (Å²) in [7, 11) is 0. The SMILES string of the molecule is Cc1cccc(C)c1CNCC1(C)CCCO1. The molecule has 0 saturated carbocycles. The van der Waals surface area contributed by atoms with Crippen LogP contribution < -0.4 is 5.32 Å². The van der Waals surface area contributed by atoms with Crippen LogP contribution in [0.5, 0.6) is 0 Å². The second kappa shape index (κ2) is 5.19. The minimum Gasteiger partial charge on any atom is -0.374 e. The molecule has 0 radical (unpaired) electrons. The number of nitrogens with one attached hydrogen (secondary N) is 1. The fraction of sp³-hybridized carbons (Fsp3) is 0.600. The lowest BCUT2D eigenvalue weighted by Crippen LogP contribution is -2.37. The Bertz CT molecular complexity index is 360. The van der Waals surface area contributed by atoms with E-state index in [-0.39, 0.29) is 5.60 Å². The highest BCUT2D eigenvalue weighted by Gasteiger charge is 2.28. The van der Waals surface area contributed by atoms with E-state index >= 15 is 0 Å². The third-order valence-electron chi connectivity index (χ3n) is 3.75. The molecule has 0 amide bonds. The van der Waals surface area contributed by atoms with Gasteiger partial charge in [0.25, 0.3) is 0 Å². The summed E-state index contributed by atoms with van der Waals surface area (Å²) in [5.74, 6) is 0. The largest absolute Gasteiger partial charge is 0.374 e. The third kappa shape index (κ3) is 3.08. The zero-order valence-corrected chi connectivity index (χ0v) is 11.2. The molecule has 2 rings (SSSR count). The van der Waals surface area contributed by atoms with Crippen molar-refractivity contribution in [3.63, 3.8) is 0 Å². The van der Waals surface area contributed by atoms with Gasteiger partial charge in [0.2, 0.25) is 0 Å². The second-order valence-electron chi connectivity index (χ2n) is 5.38. The molecule has 1 heterocycles. The third-order valence-corrected chi connectivity index (χ3v) is 3.75. The average Bonchev–Trinajstić information content (AvgIpc) is 2.70. The normalized spacial score (nSPS) is 24.2. The van der Waals surface area contributed by atoms with Gasteiger partial charge in [-0.3, -0.25) is 0 Å². The summed E-state index contributed by atoms with van der Waals surface area (Å²) in [5, 5.41) is 3.54. The Morgan fingerprint density at radius 2 is 2.00 bits per heavy atom. The van der Waals surface area contributed by atoms with Crippen LogP contribution in [0.15, 0.2) is 18.2 Å². The van der Waals surface area contributed by atoms with Gasteiger partial charge in [-0.2, -0.15) is 0 Å². The van der Waals surface area contributed by atoms with Crippen LogP contribution in [0.3, 0.4) is 0 Å². The summed E-state index contributed by atoms with van der Waals surface area (Å²) >= 11 is 0. The van der Waals surface area contributed by atoms with Crippen LogP contribution in [0.25, 0.3) is 0 Å². The van der Waals surface area contributed by atoms with Crippen LogP contribution in [0.2, 0.25) is 0 Å². The Balaban J connectivity index is 1.90. The molecule has 2 heteroatoms. The summed E-state index contributed by atoms with van der Waals surface area (Å²) in [6, 6.07) is 6.48. The van der Waals surface area contributed by atoms with Crippen molar-refractivity contribution in [1.29, 1.82) is 0 Å². The Morgan fingerprint density at radius 1 is 1.29 bits per heavy atom. The summed E-state index contributed by atoms with van der Waals surface area (Å²) in [6.45, 7) is 9.37. The van der Waals surface area contributed by atoms with Gasteiger partial charge < -0.3 is 10.1 Å². The molecule has 0 aromatic heterocycles. The fourth-order valence-electron chi connectivity index (χ4n) is 2.56. The smallest absolute Gasteiger partial charge is 0.0779 e. The first-order chi connectivity index (χ1) is 8.11. The first kappa shape index (κ1) is 12.6. The number of hydrogen-bond donors (Lipinski definition) is 1. The van der Waals surface area contributed by atoms with Crippen LogP contribution in [0.1, 0.15) is 36.5 Å². The molecule has 0 aliphatic carbocycles. The number of benzene rings is 1. The molecule has 17 heavy (non-hydrogen) atoms. The van der Waals surface area contributed by atoms with Crippen LogP contribution in [0, 0.1) is 13.8 Å². The molecule has 1 saturated heterocycles. The van der Waals surface area contributed by atoms with Gasteiger partial charge in [-0.25, -0.2) is 0 Å². The molecule has 1 fully saturated rings. The van der Waals surface area contributed by atoms with Crippen molar-refractivity contribution in [3.05, 3.63) is 34.9 Å². The molecule has 0 bridgehead atoms. The Hall–Kier alpha value is -0.860. The highest BCUT2D eigenvalue weighted by atomic mass is 16.5. The van der Waals surface area contributed by atoms with Gasteiger partial charge in [-0.05, 0) is 50.3 Å². The lowest BCUT2D eigenvalue weighted by Gasteiger charge is -2.24. The van der Waals surface area contributed by atoms with Crippen molar-refractivity contribution in [2.75, 3.05) is 13.2 Å². The van der Waals surface area contributed by atoms with Crippen molar-refractivity contribution in [2.45, 2.75) is 45.8 Å². The molecule has 1 unspecified atom stereocenters. The van der Waals surface area contributed by atoms with Crippen molar-refractivity contribution in [1.82, 2.24) is 5.32 Å². The lowest BCUT2D eigenvalue weighted by molar-refractivity contribution is 0.0206. The van der Waals surface area contributed by atoms with Gasteiger partial charge in [0, 0.05) is 19.7 Å². The molecular weight excluding hydrogens is 210 g/mol. The van der Waals surface area contributed by atoms with Gasteiger partial charge >= 0.3 is 0 Å². The van der Waals surface area contributed by atoms with Gasteiger partial charge in [-0.15, -0.1) is 0 Å². The van der Waals surface area contributed by atoms with E-state index < -0.39 is 0 Å². The molecule has 2 nitrogen and oxygen atoms in total. The summed E-state index contributed by atoms with van der Waals surface area (Å²) in [4.78, 5) is 0. The molecule has 0 spiro atoms. The molecular formula is C15H23NO. The van der Waals surface area contributed by atoms with E-state index in [1.807, 2.05) is 0 Å². The minimum absolute atomic E-state index is 0.0522. The number of aryl methyl sites for hydroxylation is 2. The fourth-order valence-corrected chi connectivity index (χ4v) is 2.56. The zero-order chi connectivity index (χ0) is 12.3. The van der Waals surface area contributed by atoms with Crippen molar-refractivity contribution < 1.29 is 4.74 Å². The average molecular weight is 233 g/mol. The molecule has 1 aliphatic heterocycles. The van der Waals surface area contributed by atoms with E-state index in [1.54, 1.807) is 0 Å². The number of ether oxygens (including phenoxy) is 1. The molecule has 94 valence electrons. The van der Waals surface area contributed by atoms with Gasteiger partial charge in [-0.1, -0.05) is 18.2 Å². The van der Waals surface area contributed by atoms with E-state index in [2.05, 4.69) is 44.3 Å². The van der Waals surface area contributed by atoms with Crippen LogP contribution in [-0.2, 0) is 11.3 Å². The van der Waals surface area contributed by atoms with Crippen LogP contribution in [0.4, 0.5) is 0 Å². The maximum Gasteiger partial charge on any atom is 0.0779 e. The summed E-state index contributed by atoms with van der Waals surface area (Å²) in [5.41, 5.74) is 4.22. The summed E-state index contributed by atoms with van der Waals surface area (Å²) < 4.78 is 5.78. The van der Waals surface area contributed by atoms with Crippen LogP contribution in [-0.4, -0.2) is 18.8 Å². The quantitative estimate of drug-likeness (QED) is 0.863. The Kier molecular flexibility index (Phi) is 3.85. The topological polar surface area (TPSA) is 21.3 Å². The molecule has 1 aliphatic rings. The predicted octanol–water partition coefficient (Wildman–Crippen LogP) is 2.96. The van der Waals surface area contributed by atoms with E-state index in [0.717, 1.165) is 19.7 Å². The predicted molar refractivity (Wildman–Crippen MR) is 71.2 cm³/mol.